The molecule has 0 bridgehead atoms. The summed E-state index contributed by atoms with van der Waals surface area (Å²) in [6.45, 7) is 7.46. The Kier molecular flexibility index (Phi) is 5.55. The molecule has 6 heteroatoms. The minimum absolute atomic E-state index is 0.0277. The average Bonchev–Trinajstić information content (AvgIpc) is 2.27. The lowest BCUT2D eigenvalue weighted by molar-refractivity contribution is -0.143. The van der Waals surface area contributed by atoms with Crippen LogP contribution in [-0.4, -0.2) is 71.7 Å². The van der Waals surface area contributed by atoms with Crippen molar-refractivity contribution in [2.45, 2.75) is 32.9 Å². The molecule has 1 saturated heterocycles. The van der Waals surface area contributed by atoms with E-state index in [9.17, 15) is 9.59 Å². The molecular formula is C12H22N2O4. The summed E-state index contributed by atoms with van der Waals surface area (Å²) in [5.74, 6) is -0.938. The summed E-state index contributed by atoms with van der Waals surface area (Å²) < 4.78 is 5.37. The standard InChI is InChI=1S/C12H22N2O4/c1-9(2)14(8-12(16)17)7-11(15)13-4-5-18-10(3)6-13/h9-10H,4-8H2,1-3H3,(H,16,17). The van der Waals surface area contributed by atoms with Crippen molar-refractivity contribution in [3.05, 3.63) is 0 Å². The Balaban J connectivity index is 2.52. The van der Waals surface area contributed by atoms with Gasteiger partial charge in [0.05, 0.1) is 25.8 Å². The van der Waals surface area contributed by atoms with Crippen LogP contribution in [0.5, 0.6) is 0 Å². The average molecular weight is 258 g/mol. The molecule has 1 rings (SSSR count). The summed E-state index contributed by atoms with van der Waals surface area (Å²) in [5, 5.41) is 8.81. The predicted molar refractivity (Wildman–Crippen MR) is 66.3 cm³/mol. The third-order valence-corrected chi connectivity index (χ3v) is 3.00. The van der Waals surface area contributed by atoms with Gasteiger partial charge in [0.15, 0.2) is 0 Å². The van der Waals surface area contributed by atoms with Crippen molar-refractivity contribution < 1.29 is 19.4 Å². The maximum atomic E-state index is 12.1. The van der Waals surface area contributed by atoms with Gasteiger partial charge in [-0.15, -0.1) is 0 Å². The summed E-state index contributed by atoms with van der Waals surface area (Å²) >= 11 is 0. The molecule has 1 aliphatic heterocycles. The molecule has 18 heavy (non-hydrogen) atoms. The third kappa shape index (κ3) is 4.62. The zero-order valence-electron chi connectivity index (χ0n) is 11.3. The maximum Gasteiger partial charge on any atom is 0.317 e. The Hall–Kier alpha value is -1.14. The van der Waals surface area contributed by atoms with E-state index >= 15 is 0 Å². The SMILES string of the molecule is CC1CN(C(=O)CN(CC(=O)O)C(C)C)CCO1. The second-order valence-corrected chi connectivity index (χ2v) is 4.91. The summed E-state index contributed by atoms with van der Waals surface area (Å²) in [6, 6.07) is 0.0310. The number of rotatable bonds is 5. The number of ether oxygens (including phenoxy) is 1. The number of morpholine rings is 1. The van der Waals surface area contributed by atoms with Gasteiger partial charge < -0.3 is 14.7 Å². The second-order valence-electron chi connectivity index (χ2n) is 4.91. The maximum absolute atomic E-state index is 12.1. The van der Waals surface area contributed by atoms with E-state index in [4.69, 9.17) is 9.84 Å². The summed E-state index contributed by atoms with van der Waals surface area (Å²) in [4.78, 5) is 26.2. The number of aliphatic carboxylic acids is 1. The number of amides is 1. The van der Waals surface area contributed by atoms with E-state index in [-0.39, 0.29) is 31.1 Å². The van der Waals surface area contributed by atoms with E-state index in [2.05, 4.69) is 0 Å². The first-order valence-corrected chi connectivity index (χ1v) is 6.25. The second kappa shape index (κ2) is 6.70. The van der Waals surface area contributed by atoms with E-state index in [0.717, 1.165) is 0 Å². The van der Waals surface area contributed by atoms with Gasteiger partial charge in [0, 0.05) is 19.1 Å². The van der Waals surface area contributed by atoms with Gasteiger partial charge >= 0.3 is 5.97 Å². The highest BCUT2D eigenvalue weighted by Crippen LogP contribution is 2.06. The van der Waals surface area contributed by atoms with E-state index < -0.39 is 5.97 Å². The van der Waals surface area contributed by atoms with E-state index in [1.54, 1.807) is 9.80 Å². The summed E-state index contributed by atoms with van der Waals surface area (Å²) in [6.07, 6.45) is 0.0506. The molecule has 1 fully saturated rings. The van der Waals surface area contributed by atoms with Crippen LogP contribution in [0.2, 0.25) is 0 Å². The van der Waals surface area contributed by atoms with Crippen molar-refractivity contribution in [3.8, 4) is 0 Å². The summed E-state index contributed by atoms with van der Waals surface area (Å²) in [5.41, 5.74) is 0. The first kappa shape index (κ1) is 14.9. The fourth-order valence-electron chi connectivity index (χ4n) is 1.91. The van der Waals surface area contributed by atoms with Crippen LogP contribution in [0.25, 0.3) is 0 Å². The number of carboxylic acids is 1. The number of hydrogen-bond acceptors (Lipinski definition) is 4. The molecule has 0 aromatic heterocycles. The number of carbonyl (C=O) groups is 2. The van der Waals surface area contributed by atoms with Crippen molar-refractivity contribution >= 4 is 11.9 Å². The predicted octanol–water partition coefficient (Wildman–Crippen LogP) is 0.0287. The first-order chi connectivity index (χ1) is 8.40. The fourth-order valence-corrected chi connectivity index (χ4v) is 1.91. The van der Waals surface area contributed by atoms with Crippen LogP contribution < -0.4 is 0 Å². The van der Waals surface area contributed by atoms with E-state index in [1.165, 1.54) is 0 Å². The van der Waals surface area contributed by atoms with Crippen molar-refractivity contribution in [3.63, 3.8) is 0 Å². The van der Waals surface area contributed by atoms with Gasteiger partial charge in [-0.25, -0.2) is 0 Å². The van der Waals surface area contributed by atoms with Gasteiger partial charge in [0.1, 0.15) is 0 Å². The topological polar surface area (TPSA) is 70.1 Å². The lowest BCUT2D eigenvalue weighted by atomic mass is 10.2. The lowest BCUT2D eigenvalue weighted by Crippen LogP contribution is -2.50. The van der Waals surface area contributed by atoms with Gasteiger partial charge in [-0.3, -0.25) is 14.5 Å². The van der Waals surface area contributed by atoms with Gasteiger partial charge in [0.25, 0.3) is 0 Å². The monoisotopic (exact) mass is 258 g/mol. The number of nitrogens with zero attached hydrogens (tertiary/aromatic N) is 2. The Morgan fingerprint density at radius 1 is 1.44 bits per heavy atom. The first-order valence-electron chi connectivity index (χ1n) is 6.25. The Labute approximate surface area is 107 Å². The van der Waals surface area contributed by atoms with Crippen LogP contribution in [0.15, 0.2) is 0 Å². The minimum Gasteiger partial charge on any atom is -0.480 e. The highest BCUT2D eigenvalue weighted by molar-refractivity contribution is 5.79. The van der Waals surface area contributed by atoms with Gasteiger partial charge in [-0.2, -0.15) is 0 Å². The van der Waals surface area contributed by atoms with Crippen LogP contribution in [-0.2, 0) is 14.3 Å². The zero-order chi connectivity index (χ0) is 13.7. The molecule has 1 aliphatic rings. The Morgan fingerprint density at radius 2 is 2.11 bits per heavy atom. The molecule has 0 aliphatic carbocycles. The highest BCUT2D eigenvalue weighted by atomic mass is 16.5. The molecule has 104 valence electrons. The van der Waals surface area contributed by atoms with Gasteiger partial charge in [-0.05, 0) is 20.8 Å². The largest absolute Gasteiger partial charge is 0.480 e. The molecule has 0 aromatic carbocycles. The van der Waals surface area contributed by atoms with Crippen LogP contribution in [0.1, 0.15) is 20.8 Å². The molecule has 1 N–H and O–H groups in total. The minimum atomic E-state index is -0.910. The van der Waals surface area contributed by atoms with Crippen LogP contribution in [0.4, 0.5) is 0 Å². The third-order valence-electron chi connectivity index (χ3n) is 3.00. The lowest BCUT2D eigenvalue weighted by Gasteiger charge is -2.33. The molecule has 1 amide bonds. The number of carboxylic acid groups (broad SMARTS) is 1. The molecule has 0 radical (unpaired) electrons. The van der Waals surface area contributed by atoms with Crippen molar-refractivity contribution in [1.82, 2.24) is 9.80 Å². The molecule has 0 saturated carbocycles. The van der Waals surface area contributed by atoms with E-state index in [0.29, 0.717) is 19.7 Å². The van der Waals surface area contributed by atoms with E-state index in [1.807, 2.05) is 20.8 Å². The molecule has 6 nitrogen and oxygen atoms in total. The Bertz CT molecular complexity index is 306. The van der Waals surface area contributed by atoms with Gasteiger partial charge in [-0.1, -0.05) is 0 Å². The van der Waals surface area contributed by atoms with Crippen LogP contribution >= 0.6 is 0 Å². The molecular weight excluding hydrogens is 236 g/mol. The molecule has 1 atom stereocenters. The smallest absolute Gasteiger partial charge is 0.317 e. The fraction of sp³-hybridized carbons (Fsp3) is 0.833. The van der Waals surface area contributed by atoms with Crippen LogP contribution in [0.3, 0.4) is 0 Å². The number of hydrogen-bond donors (Lipinski definition) is 1. The van der Waals surface area contributed by atoms with Crippen molar-refractivity contribution in [2.75, 3.05) is 32.8 Å². The highest BCUT2D eigenvalue weighted by Gasteiger charge is 2.24. The quantitative estimate of drug-likeness (QED) is 0.753. The zero-order valence-corrected chi connectivity index (χ0v) is 11.3. The normalized spacial score (nSPS) is 20.5. The molecule has 1 unspecified atom stereocenters. The van der Waals surface area contributed by atoms with Gasteiger partial charge in [0.2, 0.25) is 5.91 Å². The van der Waals surface area contributed by atoms with Crippen molar-refractivity contribution in [1.29, 1.82) is 0 Å². The molecule has 1 heterocycles. The molecule has 0 aromatic rings. The number of carbonyl (C=O) groups excluding carboxylic acids is 1. The van der Waals surface area contributed by atoms with Crippen molar-refractivity contribution in [2.24, 2.45) is 0 Å². The van der Waals surface area contributed by atoms with Crippen LogP contribution in [0, 0.1) is 0 Å². The summed E-state index contributed by atoms with van der Waals surface area (Å²) in [7, 11) is 0. The molecule has 0 spiro atoms. The Morgan fingerprint density at radius 3 is 2.61 bits per heavy atom.